The summed E-state index contributed by atoms with van der Waals surface area (Å²) in [6.07, 6.45) is 1.31. The lowest BCUT2D eigenvalue weighted by atomic mass is 10.5. The van der Waals surface area contributed by atoms with E-state index in [1.54, 1.807) is 0 Å². The molecule has 0 unspecified atom stereocenters. The van der Waals surface area contributed by atoms with Crippen LogP contribution in [0.15, 0.2) is 18.3 Å². The molecule has 0 atom stereocenters. The van der Waals surface area contributed by atoms with Crippen molar-refractivity contribution in [2.24, 2.45) is 5.14 Å². The molecule has 0 saturated heterocycles. The summed E-state index contributed by atoms with van der Waals surface area (Å²) in [7, 11) is -3.98. The van der Waals surface area contributed by atoms with E-state index in [0.29, 0.717) is 0 Å². The lowest BCUT2D eigenvalue weighted by Crippen LogP contribution is -2.18. The Balaban J connectivity index is 2.91. The van der Waals surface area contributed by atoms with Gasteiger partial charge in [-0.15, -0.1) is 0 Å². The van der Waals surface area contributed by atoms with Crippen molar-refractivity contribution >= 4 is 21.9 Å². The Bertz CT molecular complexity index is 378. The van der Waals surface area contributed by atoms with Crippen molar-refractivity contribution in [2.45, 2.75) is 0 Å². The fraction of sp³-hybridized carbons (Fsp3) is 0. The SMILES string of the molecule is NS(=O)(=O)Oc1ccnc(Cl)c1. The first-order valence-electron chi connectivity index (χ1n) is 2.81. The zero-order chi connectivity index (χ0) is 9.19. The summed E-state index contributed by atoms with van der Waals surface area (Å²) in [5.74, 6) is 0.0394. The molecule has 66 valence electrons. The summed E-state index contributed by atoms with van der Waals surface area (Å²) >= 11 is 5.45. The maximum absolute atomic E-state index is 10.4. The van der Waals surface area contributed by atoms with E-state index in [1.807, 2.05) is 0 Å². The van der Waals surface area contributed by atoms with Gasteiger partial charge in [0.2, 0.25) is 0 Å². The lowest BCUT2D eigenvalue weighted by Gasteiger charge is -2.00. The summed E-state index contributed by atoms with van der Waals surface area (Å²) < 4.78 is 25.1. The third kappa shape index (κ3) is 3.04. The van der Waals surface area contributed by atoms with Crippen LogP contribution < -0.4 is 9.32 Å². The molecule has 2 N–H and O–H groups in total. The van der Waals surface area contributed by atoms with Gasteiger partial charge in [0.15, 0.2) is 0 Å². The summed E-state index contributed by atoms with van der Waals surface area (Å²) in [6.45, 7) is 0. The van der Waals surface area contributed by atoms with E-state index in [0.717, 1.165) is 0 Å². The van der Waals surface area contributed by atoms with Crippen molar-refractivity contribution in [1.82, 2.24) is 4.98 Å². The second-order valence-electron chi connectivity index (χ2n) is 1.89. The van der Waals surface area contributed by atoms with Crippen LogP contribution in [0.5, 0.6) is 5.75 Å². The normalized spacial score (nSPS) is 11.2. The van der Waals surface area contributed by atoms with Crippen LogP contribution in [-0.4, -0.2) is 13.4 Å². The van der Waals surface area contributed by atoms with E-state index < -0.39 is 10.3 Å². The second-order valence-corrected chi connectivity index (χ2v) is 3.43. The Hall–Kier alpha value is -0.850. The molecule has 0 aliphatic carbocycles. The molecule has 7 heteroatoms. The van der Waals surface area contributed by atoms with Crippen LogP contribution in [0.3, 0.4) is 0 Å². The minimum Gasteiger partial charge on any atom is -0.371 e. The number of hydrogen-bond donors (Lipinski definition) is 1. The minimum absolute atomic E-state index is 0.0394. The molecule has 0 amide bonds. The lowest BCUT2D eigenvalue weighted by molar-refractivity contribution is 0.487. The fourth-order valence-corrected chi connectivity index (χ4v) is 1.11. The average molecular weight is 209 g/mol. The fourth-order valence-electron chi connectivity index (χ4n) is 0.571. The molecular weight excluding hydrogens is 204 g/mol. The molecule has 0 bridgehead atoms. The Morgan fingerprint density at radius 2 is 2.25 bits per heavy atom. The zero-order valence-electron chi connectivity index (χ0n) is 5.77. The maximum atomic E-state index is 10.4. The molecule has 0 saturated carbocycles. The molecular formula is C5H5ClN2O3S. The van der Waals surface area contributed by atoms with Crippen molar-refractivity contribution in [3.63, 3.8) is 0 Å². The van der Waals surface area contributed by atoms with Crippen molar-refractivity contribution in [3.8, 4) is 5.75 Å². The van der Waals surface area contributed by atoms with E-state index in [9.17, 15) is 8.42 Å². The van der Waals surface area contributed by atoms with Crippen molar-refractivity contribution in [2.75, 3.05) is 0 Å². The quantitative estimate of drug-likeness (QED) is 0.710. The molecule has 0 spiro atoms. The zero-order valence-corrected chi connectivity index (χ0v) is 7.34. The number of hydrogen-bond acceptors (Lipinski definition) is 4. The van der Waals surface area contributed by atoms with Gasteiger partial charge in [-0.25, -0.2) is 4.98 Å². The van der Waals surface area contributed by atoms with Gasteiger partial charge in [0, 0.05) is 18.3 Å². The molecule has 1 aromatic heterocycles. The highest BCUT2D eigenvalue weighted by Crippen LogP contribution is 2.14. The van der Waals surface area contributed by atoms with E-state index in [4.69, 9.17) is 11.6 Å². The first-order valence-corrected chi connectivity index (χ1v) is 4.66. The van der Waals surface area contributed by atoms with Gasteiger partial charge in [-0.05, 0) is 0 Å². The topological polar surface area (TPSA) is 82.3 Å². The standard InChI is InChI=1S/C5H5ClN2O3S/c6-5-3-4(1-2-8-5)11-12(7,9)10/h1-3H,(H2,7,9,10). The number of nitrogens with zero attached hydrogens (tertiary/aromatic N) is 1. The van der Waals surface area contributed by atoms with Gasteiger partial charge in [-0.1, -0.05) is 11.6 Å². The highest BCUT2D eigenvalue weighted by atomic mass is 35.5. The molecule has 0 aromatic carbocycles. The smallest absolute Gasteiger partial charge is 0.371 e. The van der Waals surface area contributed by atoms with E-state index in [2.05, 4.69) is 14.3 Å². The van der Waals surface area contributed by atoms with Crippen molar-refractivity contribution in [1.29, 1.82) is 0 Å². The molecule has 1 aromatic rings. The Morgan fingerprint density at radius 3 is 2.75 bits per heavy atom. The molecule has 5 nitrogen and oxygen atoms in total. The first kappa shape index (κ1) is 9.24. The molecule has 1 heterocycles. The van der Waals surface area contributed by atoms with Crippen LogP contribution in [0.2, 0.25) is 5.15 Å². The van der Waals surface area contributed by atoms with Crippen LogP contribution in [0.1, 0.15) is 0 Å². The predicted molar refractivity (Wildman–Crippen MR) is 43.0 cm³/mol. The molecule has 0 aliphatic heterocycles. The summed E-state index contributed by atoms with van der Waals surface area (Å²) in [4.78, 5) is 3.62. The van der Waals surface area contributed by atoms with Crippen LogP contribution in [0, 0.1) is 0 Å². The number of nitrogens with two attached hydrogens (primary N) is 1. The first-order chi connectivity index (χ1) is 5.47. The predicted octanol–water partition coefficient (Wildman–Crippen LogP) is 0.317. The largest absolute Gasteiger partial charge is 0.380 e. The van der Waals surface area contributed by atoms with E-state index >= 15 is 0 Å². The number of pyridine rings is 1. The van der Waals surface area contributed by atoms with Crippen molar-refractivity contribution in [3.05, 3.63) is 23.5 Å². The molecule has 0 fully saturated rings. The van der Waals surface area contributed by atoms with Crippen LogP contribution >= 0.6 is 11.6 Å². The molecule has 0 radical (unpaired) electrons. The van der Waals surface area contributed by atoms with E-state index in [1.165, 1.54) is 18.3 Å². The Kier molecular flexibility index (Phi) is 2.51. The van der Waals surface area contributed by atoms with Gasteiger partial charge in [0.25, 0.3) is 0 Å². The van der Waals surface area contributed by atoms with Gasteiger partial charge >= 0.3 is 10.3 Å². The van der Waals surface area contributed by atoms with Gasteiger partial charge in [0.05, 0.1) is 0 Å². The third-order valence-corrected chi connectivity index (χ3v) is 1.54. The van der Waals surface area contributed by atoms with Gasteiger partial charge < -0.3 is 4.18 Å². The Labute approximate surface area is 74.4 Å². The summed E-state index contributed by atoms with van der Waals surface area (Å²) in [6, 6.07) is 2.57. The van der Waals surface area contributed by atoms with E-state index in [-0.39, 0.29) is 10.9 Å². The second kappa shape index (κ2) is 3.26. The molecule has 12 heavy (non-hydrogen) atoms. The van der Waals surface area contributed by atoms with Crippen LogP contribution in [0.25, 0.3) is 0 Å². The Morgan fingerprint density at radius 1 is 1.58 bits per heavy atom. The number of halogens is 1. The third-order valence-electron chi connectivity index (χ3n) is 0.910. The minimum atomic E-state index is -3.98. The number of aromatic nitrogens is 1. The monoisotopic (exact) mass is 208 g/mol. The highest BCUT2D eigenvalue weighted by molar-refractivity contribution is 7.84. The number of rotatable bonds is 2. The highest BCUT2D eigenvalue weighted by Gasteiger charge is 2.04. The van der Waals surface area contributed by atoms with Crippen molar-refractivity contribution < 1.29 is 12.6 Å². The van der Waals surface area contributed by atoms with Crippen LogP contribution in [0.4, 0.5) is 0 Å². The summed E-state index contributed by atoms with van der Waals surface area (Å²) in [5, 5.41) is 4.74. The maximum Gasteiger partial charge on any atom is 0.380 e. The molecule has 1 rings (SSSR count). The van der Waals surface area contributed by atoms with Crippen LogP contribution in [-0.2, 0) is 10.3 Å². The average Bonchev–Trinajstić information content (AvgIpc) is 1.82. The van der Waals surface area contributed by atoms with Gasteiger partial charge in [0.1, 0.15) is 10.9 Å². The molecule has 0 aliphatic rings. The summed E-state index contributed by atoms with van der Waals surface area (Å²) in [5.41, 5.74) is 0. The van der Waals surface area contributed by atoms with Gasteiger partial charge in [-0.2, -0.15) is 13.6 Å². The van der Waals surface area contributed by atoms with Gasteiger partial charge in [-0.3, -0.25) is 0 Å².